The predicted molar refractivity (Wildman–Crippen MR) is 104 cm³/mol. The Bertz CT molecular complexity index is 970. The van der Waals surface area contributed by atoms with Gasteiger partial charge in [-0.3, -0.25) is 4.79 Å². The number of pyridine rings is 1. The second-order valence-electron chi connectivity index (χ2n) is 5.62. The summed E-state index contributed by atoms with van der Waals surface area (Å²) in [6, 6.07) is 12.6. The van der Waals surface area contributed by atoms with Crippen LogP contribution in [0.25, 0.3) is 21.5 Å². The molecule has 26 heavy (non-hydrogen) atoms. The first-order valence-electron chi connectivity index (χ1n) is 8.13. The molecule has 5 nitrogen and oxygen atoms in total. The first-order valence-corrected chi connectivity index (χ1v) is 9.33. The highest BCUT2D eigenvalue weighted by atomic mass is 35.5. The van der Waals surface area contributed by atoms with Gasteiger partial charge in [-0.05, 0) is 38.1 Å². The molecule has 0 unspecified atom stereocenters. The number of carbonyl (C=O) groups is 2. The fourth-order valence-corrected chi connectivity index (χ4v) is 3.52. The van der Waals surface area contributed by atoms with Crippen molar-refractivity contribution in [2.24, 2.45) is 0 Å². The third kappa shape index (κ3) is 3.86. The van der Waals surface area contributed by atoms with Gasteiger partial charge in [0.15, 0.2) is 6.10 Å². The van der Waals surface area contributed by atoms with Crippen LogP contribution in [-0.2, 0) is 9.53 Å². The second kappa shape index (κ2) is 7.85. The van der Waals surface area contributed by atoms with Crippen LogP contribution in [0.1, 0.15) is 24.2 Å². The quantitative estimate of drug-likeness (QED) is 0.662. The van der Waals surface area contributed by atoms with Gasteiger partial charge in [0.1, 0.15) is 0 Å². The molecular weight excluding hydrogens is 372 g/mol. The molecule has 7 heteroatoms. The van der Waals surface area contributed by atoms with Gasteiger partial charge in [0.2, 0.25) is 0 Å². The number of likely N-dealkylation sites (N-methyl/N-ethyl adjacent to an activating group) is 1. The monoisotopic (exact) mass is 388 g/mol. The normalized spacial score (nSPS) is 12.0. The van der Waals surface area contributed by atoms with E-state index in [9.17, 15) is 9.59 Å². The van der Waals surface area contributed by atoms with Gasteiger partial charge in [0.05, 0.1) is 26.0 Å². The zero-order valence-corrected chi connectivity index (χ0v) is 15.9. The van der Waals surface area contributed by atoms with Crippen LogP contribution in [0.2, 0.25) is 4.34 Å². The molecule has 0 fully saturated rings. The average Bonchev–Trinajstić information content (AvgIpc) is 3.07. The number of thiophene rings is 1. The summed E-state index contributed by atoms with van der Waals surface area (Å²) in [4.78, 5) is 30.0. The molecule has 3 rings (SSSR count). The Morgan fingerprint density at radius 2 is 2.04 bits per heavy atom. The molecule has 3 aromatic rings. The van der Waals surface area contributed by atoms with Crippen molar-refractivity contribution in [3.05, 3.63) is 52.4 Å². The molecule has 0 saturated heterocycles. The summed E-state index contributed by atoms with van der Waals surface area (Å²) in [5.74, 6) is -0.893. The summed E-state index contributed by atoms with van der Waals surface area (Å²) in [7, 11) is 0. The van der Waals surface area contributed by atoms with Gasteiger partial charge < -0.3 is 10.1 Å². The minimum atomic E-state index is -0.881. The molecule has 0 aliphatic rings. The van der Waals surface area contributed by atoms with E-state index in [2.05, 4.69) is 10.3 Å². The molecule has 0 radical (unpaired) electrons. The number of carbonyl (C=O) groups excluding carboxylic acids is 2. The smallest absolute Gasteiger partial charge is 0.339 e. The molecule has 2 aromatic heterocycles. The van der Waals surface area contributed by atoms with Crippen LogP contribution >= 0.6 is 22.9 Å². The number of hydrogen-bond acceptors (Lipinski definition) is 5. The lowest BCUT2D eigenvalue weighted by atomic mass is 10.1. The average molecular weight is 389 g/mol. The van der Waals surface area contributed by atoms with Gasteiger partial charge in [0.25, 0.3) is 5.91 Å². The lowest BCUT2D eigenvalue weighted by Crippen LogP contribution is -2.35. The fraction of sp³-hybridized carbons (Fsp3) is 0.211. The van der Waals surface area contributed by atoms with Crippen LogP contribution in [0.15, 0.2) is 42.5 Å². The highest BCUT2D eigenvalue weighted by Gasteiger charge is 2.21. The molecular formula is C19H17ClN2O3S. The molecule has 2 heterocycles. The summed E-state index contributed by atoms with van der Waals surface area (Å²) in [6.07, 6.45) is -0.881. The summed E-state index contributed by atoms with van der Waals surface area (Å²) in [5.41, 5.74) is 1.68. The van der Waals surface area contributed by atoms with Gasteiger partial charge in [-0.25, -0.2) is 9.78 Å². The van der Waals surface area contributed by atoms with Gasteiger partial charge in [-0.15, -0.1) is 11.3 Å². The van der Waals surface area contributed by atoms with E-state index in [1.165, 1.54) is 11.3 Å². The highest BCUT2D eigenvalue weighted by Crippen LogP contribution is 2.32. The third-order valence-electron chi connectivity index (χ3n) is 3.77. The largest absolute Gasteiger partial charge is 0.449 e. The van der Waals surface area contributed by atoms with Crippen LogP contribution in [0.4, 0.5) is 0 Å². The second-order valence-corrected chi connectivity index (χ2v) is 7.33. The number of amides is 1. The van der Waals surface area contributed by atoms with E-state index >= 15 is 0 Å². The third-order valence-corrected chi connectivity index (χ3v) is 5.02. The number of nitrogens with zero attached hydrogens (tertiary/aromatic N) is 1. The fourth-order valence-electron chi connectivity index (χ4n) is 2.52. The minimum Gasteiger partial charge on any atom is -0.449 e. The maximum absolute atomic E-state index is 12.7. The summed E-state index contributed by atoms with van der Waals surface area (Å²) in [5, 5.41) is 3.31. The van der Waals surface area contributed by atoms with Gasteiger partial charge in [-0.2, -0.15) is 0 Å². The molecule has 0 spiro atoms. The lowest BCUT2D eigenvalue weighted by molar-refractivity contribution is -0.128. The van der Waals surface area contributed by atoms with Crippen LogP contribution < -0.4 is 5.32 Å². The van der Waals surface area contributed by atoms with Gasteiger partial charge >= 0.3 is 5.97 Å². The van der Waals surface area contributed by atoms with Crippen LogP contribution in [0, 0.1) is 0 Å². The van der Waals surface area contributed by atoms with Gasteiger partial charge in [0, 0.05) is 11.9 Å². The molecule has 0 aliphatic carbocycles. The summed E-state index contributed by atoms with van der Waals surface area (Å²) < 4.78 is 6.00. The number of rotatable bonds is 5. The number of fused-ring (bicyclic) bond motifs is 1. The van der Waals surface area contributed by atoms with E-state index in [0.717, 1.165) is 4.88 Å². The Kier molecular flexibility index (Phi) is 5.54. The van der Waals surface area contributed by atoms with Crippen molar-refractivity contribution in [2.45, 2.75) is 20.0 Å². The van der Waals surface area contributed by atoms with Gasteiger partial charge in [-0.1, -0.05) is 29.8 Å². The number of halogens is 1. The van der Waals surface area contributed by atoms with Crippen LogP contribution in [0.5, 0.6) is 0 Å². The standard InChI is InChI=1S/C19H17ClN2O3S/c1-3-21-18(23)11(2)25-19(24)13-10-15(16-8-9-17(20)26-16)22-14-7-5-4-6-12(13)14/h4-11H,3H2,1-2H3,(H,21,23)/t11-/m0/s1. The Hall–Kier alpha value is -2.44. The van der Waals surface area contributed by atoms with Crippen LogP contribution in [0.3, 0.4) is 0 Å². The van der Waals surface area contributed by atoms with E-state index in [0.29, 0.717) is 33.0 Å². The van der Waals surface area contributed by atoms with Crippen molar-refractivity contribution in [1.82, 2.24) is 10.3 Å². The van der Waals surface area contributed by atoms with Crippen LogP contribution in [-0.4, -0.2) is 29.5 Å². The van der Waals surface area contributed by atoms with E-state index in [4.69, 9.17) is 16.3 Å². The van der Waals surface area contributed by atoms with E-state index in [-0.39, 0.29) is 5.91 Å². The van der Waals surface area contributed by atoms with Crippen molar-refractivity contribution in [1.29, 1.82) is 0 Å². The first-order chi connectivity index (χ1) is 12.5. The minimum absolute atomic E-state index is 0.329. The molecule has 134 valence electrons. The van der Waals surface area contributed by atoms with Crippen molar-refractivity contribution in [3.8, 4) is 10.6 Å². The molecule has 0 bridgehead atoms. The zero-order valence-electron chi connectivity index (χ0n) is 14.3. The topological polar surface area (TPSA) is 68.3 Å². The number of para-hydroxylation sites is 1. The number of hydrogen-bond donors (Lipinski definition) is 1. The molecule has 0 saturated carbocycles. The van der Waals surface area contributed by atoms with E-state index in [1.54, 1.807) is 32.0 Å². The molecule has 1 atom stereocenters. The molecule has 1 amide bonds. The highest BCUT2D eigenvalue weighted by molar-refractivity contribution is 7.19. The number of aromatic nitrogens is 1. The maximum atomic E-state index is 12.7. The van der Waals surface area contributed by atoms with Crippen molar-refractivity contribution in [3.63, 3.8) is 0 Å². The van der Waals surface area contributed by atoms with Crippen molar-refractivity contribution >= 4 is 45.7 Å². The molecule has 0 aliphatic heterocycles. The summed E-state index contributed by atoms with van der Waals surface area (Å²) >= 11 is 7.40. The molecule has 1 N–H and O–H groups in total. The SMILES string of the molecule is CCNC(=O)[C@H](C)OC(=O)c1cc(-c2ccc(Cl)s2)nc2ccccc12. The number of benzene rings is 1. The van der Waals surface area contributed by atoms with Crippen molar-refractivity contribution in [2.75, 3.05) is 6.54 Å². The lowest BCUT2D eigenvalue weighted by Gasteiger charge is -2.14. The Morgan fingerprint density at radius 3 is 2.73 bits per heavy atom. The maximum Gasteiger partial charge on any atom is 0.339 e. The summed E-state index contributed by atoms with van der Waals surface area (Å²) in [6.45, 7) is 3.83. The van der Waals surface area contributed by atoms with E-state index in [1.807, 2.05) is 24.3 Å². The van der Waals surface area contributed by atoms with E-state index < -0.39 is 12.1 Å². The zero-order chi connectivity index (χ0) is 18.7. The number of nitrogens with one attached hydrogen (secondary N) is 1. The number of ether oxygens (including phenoxy) is 1. The Balaban J connectivity index is 2.00. The number of esters is 1. The predicted octanol–water partition coefficient (Wildman–Crippen LogP) is 4.30. The first kappa shape index (κ1) is 18.4. The Labute approximate surface area is 160 Å². The molecule has 1 aromatic carbocycles. The Morgan fingerprint density at radius 1 is 1.27 bits per heavy atom. The van der Waals surface area contributed by atoms with Crippen molar-refractivity contribution < 1.29 is 14.3 Å².